The highest BCUT2D eigenvalue weighted by Crippen LogP contribution is 2.20. The van der Waals surface area contributed by atoms with Crippen LogP contribution in [0.2, 0.25) is 5.02 Å². The molecule has 1 aromatic carbocycles. The number of aromatic amines is 1. The minimum atomic E-state index is -0.600. The second-order valence-corrected chi connectivity index (χ2v) is 4.89. The third kappa shape index (κ3) is 4.85. The summed E-state index contributed by atoms with van der Waals surface area (Å²) in [6.07, 6.45) is 2.82. The number of allylic oxidation sites excluding steroid dienone is 1. The summed E-state index contributed by atoms with van der Waals surface area (Å²) in [5.74, 6) is -0.748. The minimum absolute atomic E-state index is 0.00182. The average molecular weight is 325 g/mol. The summed E-state index contributed by atoms with van der Waals surface area (Å²) in [6, 6.07) is 3.97. The van der Waals surface area contributed by atoms with Gasteiger partial charge in [-0.25, -0.2) is 4.39 Å². The standard InChI is InChI=1S/C14H14ClFN4O2/c1-9(2-3-10-7-17-20-19-10)18-14(21)8-22-11-4-5-12(15)13(16)6-11/h4-7H,1-3,8H2,(H,18,21)(H,17,19,20). The maximum atomic E-state index is 13.2. The molecule has 1 heterocycles. The zero-order valence-corrected chi connectivity index (χ0v) is 12.4. The average Bonchev–Trinajstić information content (AvgIpc) is 3.00. The number of nitrogens with one attached hydrogen (secondary N) is 2. The molecule has 1 amide bonds. The first-order valence-corrected chi connectivity index (χ1v) is 6.83. The van der Waals surface area contributed by atoms with Gasteiger partial charge in [0.1, 0.15) is 11.6 Å². The van der Waals surface area contributed by atoms with Gasteiger partial charge in [-0.2, -0.15) is 0 Å². The molecule has 8 heteroatoms. The summed E-state index contributed by atoms with van der Waals surface area (Å²) in [5, 5.41) is 12.6. The molecule has 0 atom stereocenters. The molecule has 2 aromatic rings. The molecular formula is C14H14ClFN4O2. The van der Waals surface area contributed by atoms with Crippen molar-refractivity contribution in [1.82, 2.24) is 20.7 Å². The summed E-state index contributed by atoms with van der Waals surface area (Å²) < 4.78 is 18.4. The van der Waals surface area contributed by atoms with Crippen LogP contribution in [0.3, 0.4) is 0 Å². The highest BCUT2D eigenvalue weighted by atomic mass is 35.5. The molecule has 0 aliphatic carbocycles. The van der Waals surface area contributed by atoms with Gasteiger partial charge >= 0.3 is 0 Å². The number of hydrogen-bond donors (Lipinski definition) is 2. The van der Waals surface area contributed by atoms with Gasteiger partial charge in [-0.3, -0.25) is 9.89 Å². The lowest BCUT2D eigenvalue weighted by molar-refractivity contribution is -0.122. The third-order valence-electron chi connectivity index (χ3n) is 2.73. The van der Waals surface area contributed by atoms with E-state index in [-0.39, 0.29) is 23.3 Å². The van der Waals surface area contributed by atoms with E-state index in [1.54, 1.807) is 6.20 Å². The molecule has 0 aliphatic heterocycles. The number of rotatable bonds is 7. The van der Waals surface area contributed by atoms with Crippen molar-refractivity contribution in [2.45, 2.75) is 12.8 Å². The van der Waals surface area contributed by atoms with E-state index in [9.17, 15) is 9.18 Å². The monoisotopic (exact) mass is 324 g/mol. The van der Waals surface area contributed by atoms with Crippen molar-refractivity contribution in [3.05, 3.63) is 53.2 Å². The Kier molecular flexibility index (Phi) is 5.48. The van der Waals surface area contributed by atoms with Gasteiger partial charge in [-0.15, -0.1) is 5.10 Å². The first kappa shape index (κ1) is 16.0. The molecule has 0 aliphatic rings. The second-order valence-electron chi connectivity index (χ2n) is 4.48. The highest BCUT2D eigenvalue weighted by molar-refractivity contribution is 6.30. The number of carbonyl (C=O) groups is 1. The highest BCUT2D eigenvalue weighted by Gasteiger charge is 2.07. The van der Waals surface area contributed by atoms with Gasteiger partial charge in [-0.05, 0) is 25.0 Å². The van der Waals surface area contributed by atoms with Crippen molar-refractivity contribution >= 4 is 17.5 Å². The van der Waals surface area contributed by atoms with Crippen molar-refractivity contribution in [3.8, 4) is 5.75 Å². The van der Waals surface area contributed by atoms with Crippen LogP contribution in [0, 0.1) is 5.82 Å². The normalized spacial score (nSPS) is 10.3. The fourth-order valence-corrected chi connectivity index (χ4v) is 1.76. The number of aryl methyl sites for hydroxylation is 1. The zero-order valence-electron chi connectivity index (χ0n) is 11.6. The number of H-pyrrole nitrogens is 1. The van der Waals surface area contributed by atoms with E-state index in [4.69, 9.17) is 16.3 Å². The van der Waals surface area contributed by atoms with Gasteiger partial charge in [0.15, 0.2) is 6.61 Å². The van der Waals surface area contributed by atoms with E-state index in [1.807, 2.05) is 0 Å². The Morgan fingerprint density at radius 2 is 2.32 bits per heavy atom. The molecule has 0 saturated carbocycles. The van der Waals surface area contributed by atoms with Crippen LogP contribution < -0.4 is 10.1 Å². The fourth-order valence-electron chi connectivity index (χ4n) is 1.64. The number of benzene rings is 1. The SMILES string of the molecule is C=C(CCc1c[nH]nn1)NC(=O)COc1ccc(Cl)c(F)c1. The van der Waals surface area contributed by atoms with Gasteiger partial charge in [0.2, 0.25) is 0 Å². The molecule has 22 heavy (non-hydrogen) atoms. The maximum Gasteiger partial charge on any atom is 0.262 e. The van der Waals surface area contributed by atoms with Crippen molar-refractivity contribution in [1.29, 1.82) is 0 Å². The number of halogens is 2. The lowest BCUT2D eigenvalue weighted by Crippen LogP contribution is -2.28. The number of nitrogens with zero attached hydrogens (tertiary/aromatic N) is 2. The Bertz CT molecular complexity index is 661. The Morgan fingerprint density at radius 1 is 1.50 bits per heavy atom. The molecule has 0 radical (unpaired) electrons. The minimum Gasteiger partial charge on any atom is -0.484 e. The Balaban J connectivity index is 1.72. The zero-order chi connectivity index (χ0) is 15.9. The molecule has 2 N–H and O–H groups in total. The topological polar surface area (TPSA) is 79.9 Å². The second kappa shape index (κ2) is 7.56. The summed E-state index contributed by atoms with van der Waals surface area (Å²) in [6.45, 7) is 3.51. The largest absolute Gasteiger partial charge is 0.484 e. The number of aromatic nitrogens is 3. The first-order valence-electron chi connectivity index (χ1n) is 6.45. The summed E-state index contributed by atoms with van der Waals surface area (Å²) in [4.78, 5) is 11.7. The van der Waals surface area contributed by atoms with Crippen LogP contribution in [0.4, 0.5) is 4.39 Å². The smallest absolute Gasteiger partial charge is 0.262 e. The van der Waals surface area contributed by atoms with Gasteiger partial charge in [0.25, 0.3) is 5.91 Å². The predicted molar refractivity (Wildman–Crippen MR) is 78.9 cm³/mol. The first-order chi connectivity index (χ1) is 10.5. The van der Waals surface area contributed by atoms with Crippen LogP contribution in [-0.2, 0) is 11.2 Å². The van der Waals surface area contributed by atoms with E-state index in [2.05, 4.69) is 27.3 Å². The molecule has 116 valence electrons. The van der Waals surface area contributed by atoms with Gasteiger partial charge in [0, 0.05) is 18.0 Å². The summed E-state index contributed by atoms with van der Waals surface area (Å²) >= 11 is 5.56. The molecule has 0 saturated heterocycles. The molecule has 2 rings (SSSR count). The Hall–Kier alpha value is -2.41. The number of hydrogen-bond acceptors (Lipinski definition) is 4. The van der Waals surface area contributed by atoms with E-state index in [0.717, 1.165) is 11.8 Å². The lowest BCUT2D eigenvalue weighted by atomic mass is 10.2. The van der Waals surface area contributed by atoms with Crippen LogP contribution >= 0.6 is 11.6 Å². The van der Waals surface area contributed by atoms with Crippen molar-refractivity contribution in [2.75, 3.05) is 6.61 Å². The van der Waals surface area contributed by atoms with Gasteiger partial charge in [0.05, 0.1) is 10.7 Å². The van der Waals surface area contributed by atoms with E-state index in [1.165, 1.54) is 12.1 Å². The third-order valence-corrected chi connectivity index (χ3v) is 3.03. The quantitative estimate of drug-likeness (QED) is 0.818. The molecule has 6 nitrogen and oxygen atoms in total. The van der Waals surface area contributed by atoms with Crippen LogP contribution in [-0.4, -0.2) is 27.9 Å². The summed E-state index contributed by atoms with van der Waals surface area (Å²) in [7, 11) is 0. The fraction of sp³-hybridized carbons (Fsp3) is 0.214. The molecule has 0 unspecified atom stereocenters. The van der Waals surface area contributed by atoms with Gasteiger partial charge in [-0.1, -0.05) is 23.4 Å². The summed E-state index contributed by atoms with van der Waals surface area (Å²) in [5.41, 5.74) is 1.32. The molecule has 0 spiro atoms. The number of ether oxygens (including phenoxy) is 1. The van der Waals surface area contributed by atoms with Crippen LogP contribution in [0.5, 0.6) is 5.75 Å². The van der Waals surface area contributed by atoms with Crippen molar-refractivity contribution < 1.29 is 13.9 Å². The van der Waals surface area contributed by atoms with Crippen LogP contribution in [0.1, 0.15) is 12.1 Å². The van der Waals surface area contributed by atoms with Gasteiger partial charge < -0.3 is 10.1 Å². The lowest BCUT2D eigenvalue weighted by Gasteiger charge is -2.09. The van der Waals surface area contributed by atoms with E-state index in [0.29, 0.717) is 18.5 Å². The van der Waals surface area contributed by atoms with Crippen LogP contribution in [0.25, 0.3) is 0 Å². The van der Waals surface area contributed by atoms with Crippen molar-refractivity contribution in [3.63, 3.8) is 0 Å². The van der Waals surface area contributed by atoms with Crippen LogP contribution in [0.15, 0.2) is 36.7 Å². The number of carbonyl (C=O) groups excluding carboxylic acids is 1. The molecule has 0 fully saturated rings. The van der Waals surface area contributed by atoms with E-state index < -0.39 is 5.82 Å². The molecule has 1 aromatic heterocycles. The van der Waals surface area contributed by atoms with Crippen molar-refractivity contribution in [2.24, 2.45) is 0 Å². The number of amides is 1. The van der Waals surface area contributed by atoms with E-state index >= 15 is 0 Å². The molecular weight excluding hydrogens is 311 g/mol. The maximum absolute atomic E-state index is 13.2. The Morgan fingerprint density at radius 3 is 3.00 bits per heavy atom. The predicted octanol–water partition coefficient (Wildman–Crippen LogP) is 2.24. The molecule has 0 bridgehead atoms. The Labute approximate surface area is 131 Å².